The van der Waals surface area contributed by atoms with Crippen LogP contribution in [0.1, 0.15) is 34.7 Å². The summed E-state index contributed by atoms with van der Waals surface area (Å²) in [6, 6.07) is 8.82. The molecule has 0 amide bonds. The summed E-state index contributed by atoms with van der Waals surface area (Å²) in [5, 5.41) is 4.53. The summed E-state index contributed by atoms with van der Waals surface area (Å²) in [6.07, 6.45) is 0. The van der Waals surface area contributed by atoms with Crippen LogP contribution in [-0.2, 0) is 11.3 Å². The highest BCUT2D eigenvalue weighted by atomic mass is 19.3. The van der Waals surface area contributed by atoms with E-state index in [1.54, 1.807) is 12.1 Å². The molecule has 0 fully saturated rings. The second-order valence-electron chi connectivity index (χ2n) is 7.69. The maximum atomic E-state index is 12.8. The second-order valence-corrected chi connectivity index (χ2v) is 7.69. The summed E-state index contributed by atoms with van der Waals surface area (Å²) in [6.45, 7) is -3.54. The van der Waals surface area contributed by atoms with Gasteiger partial charge in [-0.1, -0.05) is 32.0 Å². The Morgan fingerprint density at radius 3 is 2.26 bits per heavy atom. The van der Waals surface area contributed by atoms with Gasteiger partial charge in [-0.15, -0.1) is 0 Å². The number of hydrogen-bond acceptors (Lipinski definition) is 7. The molecule has 1 heterocycles. The molecule has 0 N–H and O–H groups in total. The van der Waals surface area contributed by atoms with Crippen molar-refractivity contribution in [3.8, 4) is 11.5 Å². The van der Waals surface area contributed by atoms with Gasteiger partial charge in [-0.2, -0.15) is 22.7 Å². The smallest absolute Gasteiger partial charge is 0.387 e. The Kier molecular flexibility index (Phi) is 8.05. The normalized spacial score (nSPS) is 11.3. The maximum Gasteiger partial charge on any atom is 0.387 e. The van der Waals surface area contributed by atoms with Gasteiger partial charge in [0, 0.05) is 18.0 Å². The zero-order valence-electron chi connectivity index (χ0n) is 18.5. The Morgan fingerprint density at radius 1 is 0.971 bits per heavy atom. The molecule has 2 aromatic carbocycles. The summed E-state index contributed by atoms with van der Waals surface area (Å²) < 4.78 is 64.9. The summed E-state index contributed by atoms with van der Waals surface area (Å²) in [5.74, 6) is -3.17. The molecule has 3 aromatic rings. The molecule has 0 aliphatic heterocycles. The minimum atomic E-state index is -3.36. The van der Waals surface area contributed by atoms with Crippen LogP contribution in [0.5, 0.6) is 11.5 Å². The molecule has 0 atom stereocenters. The standard InChI is InChI=1S/C23H20F4N2O6/c1-12(2)10-29-20(31)15-6-4-3-5-14(15)19(28-29)21(32)33-11-17(30)16-8-7-13(34-22(24)25)9-18(16)35-23(26)27/h3-9,12,22-23H,10-11H2,1-2H3. The van der Waals surface area contributed by atoms with Gasteiger partial charge in [-0.3, -0.25) is 9.59 Å². The number of fused-ring (bicyclic) bond motifs is 1. The lowest BCUT2D eigenvalue weighted by molar-refractivity contribution is -0.0545. The van der Waals surface area contributed by atoms with Crippen LogP contribution in [0.15, 0.2) is 47.3 Å². The van der Waals surface area contributed by atoms with Crippen LogP contribution in [0.3, 0.4) is 0 Å². The number of ether oxygens (including phenoxy) is 3. The van der Waals surface area contributed by atoms with Gasteiger partial charge in [-0.05, 0) is 24.1 Å². The van der Waals surface area contributed by atoms with Crippen LogP contribution < -0.4 is 15.0 Å². The molecule has 12 heteroatoms. The topological polar surface area (TPSA) is 96.7 Å². The van der Waals surface area contributed by atoms with Gasteiger partial charge < -0.3 is 14.2 Å². The molecule has 3 rings (SSSR count). The molecule has 8 nitrogen and oxygen atoms in total. The number of esters is 1. The van der Waals surface area contributed by atoms with Gasteiger partial charge in [0.15, 0.2) is 12.3 Å². The fourth-order valence-electron chi connectivity index (χ4n) is 3.24. The molecule has 0 saturated carbocycles. The van der Waals surface area contributed by atoms with Gasteiger partial charge >= 0.3 is 19.2 Å². The molecule has 0 saturated heterocycles. The number of nitrogens with zero attached hydrogens (tertiary/aromatic N) is 2. The number of rotatable bonds is 10. The first-order valence-electron chi connectivity index (χ1n) is 10.3. The van der Waals surface area contributed by atoms with E-state index in [4.69, 9.17) is 4.74 Å². The van der Waals surface area contributed by atoms with Crippen LogP contribution in [-0.4, -0.2) is 41.4 Å². The summed E-state index contributed by atoms with van der Waals surface area (Å²) in [4.78, 5) is 38.0. The third-order valence-electron chi connectivity index (χ3n) is 4.63. The van der Waals surface area contributed by atoms with Crippen molar-refractivity contribution in [3.05, 3.63) is 64.1 Å². The molecule has 0 spiro atoms. The number of hydrogen-bond donors (Lipinski definition) is 0. The number of carbonyl (C=O) groups excluding carboxylic acids is 2. The average Bonchev–Trinajstić information content (AvgIpc) is 2.78. The lowest BCUT2D eigenvalue weighted by Gasteiger charge is -2.13. The number of carbonyl (C=O) groups is 2. The molecule has 186 valence electrons. The van der Waals surface area contributed by atoms with E-state index in [0.717, 1.165) is 16.8 Å². The van der Waals surface area contributed by atoms with Crippen LogP contribution in [0.2, 0.25) is 0 Å². The van der Waals surface area contributed by atoms with Crippen molar-refractivity contribution >= 4 is 22.5 Å². The monoisotopic (exact) mass is 496 g/mol. The number of alkyl halides is 4. The van der Waals surface area contributed by atoms with E-state index in [2.05, 4.69) is 14.6 Å². The first kappa shape index (κ1) is 25.7. The van der Waals surface area contributed by atoms with Crippen molar-refractivity contribution < 1.29 is 41.4 Å². The summed E-state index contributed by atoms with van der Waals surface area (Å²) >= 11 is 0. The van der Waals surface area contributed by atoms with Crippen LogP contribution in [0, 0.1) is 5.92 Å². The first-order valence-corrected chi connectivity index (χ1v) is 10.3. The molecule has 0 aliphatic rings. The Labute approximate surface area is 196 Å². The molecular formula is C23H20F4N2O6. The Morgan fingerprint density at radius 2 is 1.63 bits per heavy atom. The predicted octanol–water partition coefficient (Wildman–Crippen LogP) is 4.30. The van der Waals surface area contributed by atoms with Crippen molar-refractivity contribution in [3.63, 3.8) is 0 Å². The molecule has 0 radical (unpaired) electrons. The maximum absolute atomic E-state index is 12.8. The lowest BCUT2D eigenvalue weighted by atomic mass is 10.1. The zero-order chi connectivity index (χ0) is 25.7. The highest BCUT2D eigenvalue weighted by Crippen LogP contribution is 2.28. The SMILES string of the molecule is CC(C)Cn1nc(C(=O)OCC(=O)c2ccc(OC(F)F)cc2OC(F)F)c2ccccc2c1=O. The Hall–Kier alpha value is -3.96. The average molecular weight is 496 g/mol. The van der Waals surface area contributed by atoms with Gasteiger partial charge in [-0.25, -0.2) is 9.48 Å². The van der Waals surface area contributed by atoms with E-state index in [-0.39, 0.29) is 28.9 Å². The summed E-state index contributed by atoms with van der Waals surface area (Å²) in [5.41, 5.74) is -1.05. The third kappa shape index (κ3) is 6.34. The molecular weight excluding hydrogens is 476 g/mol. The predicted molar refractivity (Wildman–Crippen MR) is 115 cm³/mol. The van der Waals surface area contributed by atoms with Gasteiger partial charge in [0.25, 0.3) is 5.56 Å². The fraction of sp³-hybridized carbons (Fsp3) is 0.304. The largest absolute Gasteiger partial charge is 0.452 e. The number of aromatic nitrogens is 2. The van der Waals surface area contributed by atoms with Crippen molar-refractivity contribution in [2.45, 2.75) is 33.6 Å². The van der Waals surface area contributed by atoms with Crippen molar-refractivity contribution in [2.24, 2.45) is 5.92 Å². The Balaban J connectivity index is 1.86. The van der Waals surface area contributed by atoms with Gasteiger partial charge in [0.2, 0.25) is 5.78 Å². The minimum absolute atomic E-state index is 0.0390. The van der Waals surface area contributed by atoms with Crippen LogP contribution in [0.25, 0.3) is 10.8 Å². The third-order valence-corrected chi connectivity index (χ3v) is 4.63. The highest BCUT2D eigenvalue weighted by Gasteiger charge is 2.22. The quantitative estimate of drug-likeness (QED) is 0.235. The summed E-state index contributed by atoms with van der Waals surface area (Å²) in [7, 11) is 0. The van der Waals surface area contributed by atoms with E-state index < -0.39 is 54.2 Å². The minimum Gasteiger partial charge on any atom is -0.452 e. The van der Waals surface area contributed by atoms with E-state index in [1.807, 2.05) is 13.8 Å². The van der Waals surface area contributed by atoms with E-state index in [0.29, 0.717) is 6.07 Å². The van der Waals surface area contributed by atoms with E-state index >= 15 is 0 Å². The first-order chi connectivity index (χ1) is 16.6. The van der Waals surface area contributed by atoms with Crippen molar-refractivity contribution in [1.29, 1.82) is 0 Å². The van der Waals surface area contributed by atoms with Gasteiger partial charge in [0.05, 0.1) is 10.9 Å². The molecule has 1 aromatic heterocycles. The van der Waals surface area contributed by atoms with E-state index in [9.17, 15) is 31.9 Å². The lowest BCUT2D eigenvalue weighted by Crippen LogP contribution is -2.28. The van der Waals surface area contributed by atoms with E-state index in [1.165, 1.54) is 12.1 Å². The number of Topliss-reactive ketones (excluding diaryl/α,β-unsaturated/α-hetero) is 1. The van der Waals surface area contributed by atoms with Gasteiger partial charge in [0.1, 0.15) is 11.5 Å². The van der Waals surface area contributed by atoms with Crippen molar-refractivity contribution in [1.82, 2.24) is 9.78 Å². The number of halogens is 4. The van der Waals surface area contributed by atoms with Crippen LogP contribution >= 0.6 is 0 Å². The highest BCUT2D eigenvalue weighted by molar-refractivity contribution is 6.04. The molecule has 0 bridgehead atoms. The second kappa shape index (κ2) is 11.0. The zero-order valence-corrected chi connectivity index (χ0v) is 18.5. The molecule has 35 heavy (non-hydrogen) atoms. The molecule has 0 aliphatic carbocycles. The molecule has 0 unspecified atom stereocenters. The Bertz CT molecular complexity index is 1290. The van der Waals surface area contributed by atoms with Crippen LogP contribution in [0.4, 0.5) is 17.6 Å². The van der Waals surface area contributed by atoms with Crippen molar-refractivity contribution in [2.75, 3.05) is 6.61 Å². The fourth-order valence-corrected chi connectivity index (χ4v) is 3.24. The number of benzene rings is 2. The number of ketones is 1.